The van der Waals surface area contributed by atoms with E-state index < -0.39 is 10.0 Å². The molecule has 0 bridgehead atoms. The van der Waals surface area contributed by atoms with Gasteiger partial charge < -0.3 is 10.5 Å². The molecule has 1 aromatic rings. The predicted molar refractivity (Wildman–Crippen MR) is 79.7 cm³/mol. The molecule has 1 saturated heterocycles. The molecule has 112 valence electrons. The van der Waals surface area contributed by atoms with Crippen molar-refractivity contribution in [1.29, 1.82) is 0 Å². The van der Waals surface area contributed by atoms with Crippen molar-refractivity contribution in [3.63, 3.8) is 0 Å². The van der Waals surface area contributed by atoms with Crippen LogP contribution >= 0.6 is 15.9 Å². The van der Waals surface area contributed by atoms with E-state index in [0.717, 1.165) is 12.8 Å². The summed E-state index contributed by atoms with van der Waals surface area (Å²) in [6, 6.07) is 1.48. The van der Waals surface area contributed by atoms with E-state index in [1.165, 1.54) is 16.6 Å². The highest BCUT2D eigenvalue weighted by molar-refractivity contribution is 9.10. The molecule has 2 heterocycles. The van der Waals surface area contributed by atoms with Crippen LogP contribution in [-0.4, -0.2) is 44.5 Å². The van der Waals surface area contributed by atoms with Crippen molar-refractivity contribution in [2.45, 2.75) is 17.7 Å². The molecule has 1 aromatic heterocycles. The average molecular weight is 364 g/mol. The Bertz CT molecular complexity index is 573. The van der Waals surface area contributed by atoms with Crippen LogP contribution in [0.3, 0.4) is 0 Å². The van der Waals surface area contributed by atoms with E-state index in [1.807, 2.05) is 0 Å². The van der Waals surface area contributed by atoms with Crippen molar-refractivity contribution in [1.82, 2.24) is 9.29 Å². The summed E-state index contributed by atoms with van der Waals surface area (Å²) in [7, 11) is -2.04. The van der Waals surface area contributed by atoms with Gasteiger partial charge in [-0.2, -0.15) is 0 Å². The number of anilines is 1. The van der Waals surface area contributed by atoms with Crippen molar-refractivity contribution in [2.75, 3.05) is 32.5 Å². The molecular weight excluding hydrogens is 346 g/mol. The summed E-state index contributed by atoms with van der Waals surface area (Å²) in [6.45, 7) is 1.86. The summed E-state index contributed by atoms with van der Waals surface area (Å²) in [6.07, 6.45) is 3.24. The van der Waals surface area contributed by atoms with Gasteiger partial charge >= 0.3 is 0 Å². The van der Waals surface area contributed by atoms with E-state index >= 15 is 0 Å². The molecule has 1 aliphatic heterocycles. The number of pyridine rings is 1. The topological polar surface area (TPSA) is 85.5 Å². The molecule has 0 saturated carbocycles. The van der Waals surface area contributed by atoms with Crippen molar-refractivity contribution in [3.8, 4) is 0 Å². The minimum Gasteiger partial charge on any atom is -0.383 e. The van der Waals surface area contributed by atoms with Crippen LogP contribution in [0.1, 0.15) is 12.8 Å². The molecule has 2 rings (SSSR count). The molecule has 0 amide bonds. The second kappa shape index (κ2) is 6.38. The summed E-state index contributed by atoms with van der Waals surface area (Å²) < 4.78 is 32.3. The lowest BCUT2D eigenvalue weighted by atomic mass is 10.0. The van der Waals surface area contributed by atoms with E-state index in [4.69, 9.17) is 10.5 Å². The largest absolute Gasteiger partial charge is 0.383 e. The molecule has 0 radical (unpaired) electrons. The second-order valence-corrected chi connectivity index (χ2v) is 7.81. The molecular formula is C12H18BrN3O3S. The van der Waals surface area contributed by atoms with Crippen LogP contribution in [0, 0.1) is 5.92 Å². The summed E-state index contributed by atoms with van der Waals surface area (Å²) in [5, 5.41) is 0. The van der Waals surface area contributed by atoms with Gasteiger partial charge in [0.2, 0.25) is 10.0 Å². The van der Waals surface area contributed by atoms with Gasteiger partial charge in [-0.3, -0.25) is 0 Å². The van der Waals surface area contributed by atoms with Crippen LogP contribution < -0.4 is 5.73 Å². The Balaban J connectivity index is 2.18. The number of nitrogens with two attached hydrogens (primary N) is 1. The third kappa shape index (κ3) is 3.49. The van der Waals surface area contributed by atoms with Crippen LogP contribution in [0.4, 0.5) is 5.82 Å². The molecule has 1 fully saturated rings. The van der Waals surface area contributed by atoms with Crippen molar-refractivity contribution in [2.24, 2.45) is 5.92 Å². The summed E-state index contributed by atoms with van der Waals surface area (Å²) in [4.78, 5) is 3.92. The minimum atomic E-state index is -3.62. The van der Waals surface area contributed by atoms with E-state index in [9.17, 15) is 8.42 Å². The van der Waals surface area contributed by atoms with Crippen LogP contribution in [-0.2, 0) is 14.8 Å². The second-order valence-electron chi connectivity index (χ2n) is 4.88. The Morgan fingerprint density at radius 2 is 2.15 bits per heavy atom. The number of ether oxygens (including phenoxy) is 1. The zero-order valence-corrected chi connectivity index (χ0v) is 13.7. The van der Waals surface area contributed by atoms with Crippen molar-refractivity contribution in [3.05, 3.63) is 16.7 Å². The molecule has 0 aliphatic carbocycles. The average Bonchev–Trinajstić information content (AvgIpc) is 2.42. The Kier molecular flexibility index (Phi) is 5.00. The fraction of sp³-hybridized carbons (Fsp3) is 0.583. The van der Waals surface area contributed by atoms with Gasteiger partial charge in [-0.25, -0.2) is 17.7 Å². The van der Waals surface area contributed by atoms with Gasteiger partial charge in [0.05, 0.1) is 0 Å². The highest BCUT2D eigenvalue weighted by Crippen LogP contribution is 2.25. The predicted octanol–water partition coefficient (Wildman–Crippen LogP) is 1.47. The molecule has 20 heavy (non-hydrogen) atoms. The van der Waals surface area contributed by atoms with Crippen LogP contribution in [0.5, 0.6) is 0 Å². The lowest BCUT2D eigenvalue weighted by Gasteiger charge is -2.26. The third-order valence-electron chi connectivity index (χ3n) is 3.39. The number of nitrogen functional groups attached to an aromatic ring is 1. The molecule has 0 atom stereocenters. The number of sulfonamides is 1. The molecule has 6 nitrogen and oxygen atoms in total. The van der Waals surface area contributed by atoms with Crippen LogP contribution in [0.2, 0.25) is 0 Å². The number of halogens is 1. The van der Waals surface area contributed by atoms with Gasteiger partial charge in [-0.15, -0.1) is 0 Å². The zero-order valence-electron chi connectivity index (χ0n) is 11.3. The molecule has 8 heteroatoms. The summed E-state index contributed by atoms with van der Waals surface area (Å²) >= 11 is 3.22. The molecule has 0 spiro atoms. The summed E-state index contributed by atoms with van der Waals surface area (Å²) in [5.41, 5.74) is 5.69. The molecule has 0 aromatic carbocycles. The smallest absolute Gasteiger partial charge is 0.246 e. The van der Waals surface area contributed by atoms with Gasteiger partial charge in [0.25, 0.3) is 0 Å². The van der Waals surface area contributed by atoms with Gasteiger partial charge in [-0.1, -0.05) is 0 Å². The SMILES string of the molecule is CN(CC1CCOCC1)S(=O)(=O)c1cc(Br)cnc1N. The van der Waals surface area contributed by atoms with Gasteiger partial charge in [0.15, 0.2) is 0 Å². The maximum Gasteiger partial charge on any atom is 0.246 e. The first-order valence-electron chi connectivity index (χ1n) is 6.36. The lowest BCUT2D eigenvalue weighted by molar-refractivity contribution is 0.0620. The highest BCUT2D eigenvalue weighted by atomic mass is 79.9. The third-order valence-corrected chi connectivity index (χ3v) is 5.68. The number of hydrogen-bond donors (Lipinski definition) is 1. The van der Waals surface area contributed by atoms with Gasteiger partial charge in [0.1, 0.15) is 10.7 Å². The minimum absolute atomic E-state index is 0.0204. The quantitative estimate of drug-likeness (QED) is 0.875. The van der Waals surface area contributed by atoms with E-state index in [2.05, 4.69) is 20.9 Å². The fourth-order valence-corrected chi connectivity index (χ4v) is 4.02. The first kappa shape index (κ1) is 15.7. The number of hydrogen-bond acceptors (Lipinski definition) is 5. The normalized spacial score (nSPS) is 17.6. The monoisotopic (exact) mass is 363 g/mol. The molecule has 0 unspecified atom stereocenters. The van der Waals surface area contributed by atoms with E-state index in [-0.39, 0.29) is 10.7 Å². The van der Waals surface area contributed by atoms with Gasteiger partial charge in [-0.05, 0) is 40.8 Å². The van der Waals surface area contributed by atoms with Crippen LogP contribution in [0.15, 0.2) is 21.6 Å². The highest BCUT2D eigenvalue weighted by Gasteiger charge is 2.27. The summed E-state index contributed by atoms with van der Waals surface area (Å²) in [5.74, 6) is 0.344. The Morgan fingerprint density at radius 1 is 1.50 bits per heavy atom. The fourth-order valence-electron chi connectivity index (χ4n) is 2.20. The number of rotatable bonds is 4. The van der Waals surface area contributed by atoms with Crippen molar-refractivity contribution >= 4 is 31.8 Å². The lowest BCUT2D eigenvalue weighted by Crippen LogP contribution is -2.34. The van der Waals surface area contributed by atoms with Crippen LogP contribution in [0.25, 0.3) is 0 Å². The first-order valence-corrected chi connectivity index (χ1v) is 8.59. The Labute approximate surface area is 127 Å². The molecule has 1 aliphatic rings. The van der Waals surface area contributed by atoms with Gasteiger partial charge in [0, 0.05) is 37.5 Å². The van der Waals surface area contributed by atoms with Crippen molar-refractivity contribution < 1.29 is 13.2 Å². The van der Waals surface area contributed by atoms with E-state index in [1.54, 1.807) is 7.05 Å². The zero-order chi connectivity index (χ0) is 14.8. The van der Waals surface area contributed by atoms with E-state index in [0.29, 0.717) is 30.1 Å². The number of aromatic nitrogens is 1. The first-order chi connectivity index (χ1) is 9.41. The molecule has 2 N–H and O–H groups in total. The standard InChI is InChI=1S/C12H18BrN3O3S/c1-16(8-9-2-4-19-5-3-9)20(17,18)11-6-10(13)7-15-12(11)14/h6-7,9H,2-5,8H2,1H3,(H2,14,15). The maximum atomic E-state index is 12.5. The maximum absolute atomic E-state index is 12.5. The number of nitrogens with zero attached hydrogens (tertiary/aromatic N) is 2. The Hall–Kier alpha value is -0.700. The Morgan fingerprint density at radius 3 is 2.80 bits per heavy atom.